The van der Waals surface area contributed by atoms with Crippen LogP contribution in [0.2, 0.25) is 39.3 Å². The smallest absolute Gasteiger partial charge is 0.0687 e. The summed E-state index contributed by atoms with van der Waals surface area (Å²) in [6.07, 6.45) is 4.58. The van der Waals surface area contributed by atoms with E-state index in [1.54, 1.807) is 0 Å². The van der Waals surface area contributed by atoms with Crippen LogP contribution in [0.5, 0.6) is 0 Å². The molecule has 0 nitrogen and oxygen atoms in total. The maximum absolute atomic E-state index is 2.41. The molecule has 190 valence electrons. The van der Waals surface area contributed by atoms with Crippen molar-refractivity contribution in [2.75, 3.05) is 0 Å². The molecule has 0 saturated carbocycles. The van der Waals surface area contributed by atoms with Crippen molar-refractivity contribution in [3.63, 3.8) is 0 Å². The first-order valence-electron chi connectivity index (χ1n) is 13.6. The third-order valence-electron chi connectivity index (χ3n) is 6.88. The highest BCUT2D eigenvalue weighted by molar-refractivity contribution is 6.81. The van der Waals surface area contributed by atoms with E-state index in [-0.39, 0.29) is 0 Å². The van der Waals surface area contributed by atoms with E-state index in [0.29, 0.717) is 0 Å². The molecule has 5 aromatic rings. The van der Waals surface area contributed by atoms with Crippen LogP contribution in [-0.2, 0) is 0 Å². The molecule has 0 aliphatic carbocycles. The molecule has 0 aliphatic heterocycles. The second-order valence-corrected chi connectivity index (χ2v) is 22.6. The van der Waals surface area contributed by atoms with Gasteiger partial charge in [-0.15, -0.1) is 0 Å². The number of fused-ring (bicyclic) bond motifs is 2. The Hall–Kier alpha value is -3.47. The second-order valence-electron chi connectivity index (χ2n) is 12.5. The minimum absolute atomic E-state index is 1.23. The molecule has 0 amide bonds. The van der Waals surface area contributed by atoms with E-state index in [0.717, 1.165) is 0 Å². The van der Waals surface area contributed by atoms with Crippen molar-refractivity contribution in [2.45, 2.75) is 39.3 Å². The van der Waals surface area contributed by atoms with Crippen molar-refractivity contribution in [3.05, 3.63) is 120 Å². The van der Waals surface area contributed by atoms with Gasteiger partial charge in [-0.05, 0) is 54.9 Å². The summed E-state index contributed by atoms with van der Waals surface area (Å²) >= 11 is 0. The van der Waals surface area contributed by atoms with Gasteiger partial charge in [-0.2, -0.15) is 0 Å². The van der Waals surface area contributed by atoms with Crippen molar-refractivity contribution in [3.8, 4) is 22.3 Å². The molecular weight excluding hydrogens is 489 g/mol. The lowest BCUT2D eigenvalue weighted by atomic mass is 9.86. The number of hydrogen-bond donors (Lipinski definition) is 0. The Labute approximate surface area is 230 Å². The minimum Gasteiger partial charge on any atom is -0.0944 e. The highest BCUT2D eigenvalue weighted by Gasteiger charge is 2.16. The SMILES string of the molecule is C[Si](C)(C)/C=C/c1ccc(-c2c3ccccc3c(-c3ccc(/C=C/[Si](C)(C)C)cc3)c3ccccc23)cc1. The fourth-order valence-corrected chi connectivity index (χ4v) is 6.35. The molecule has 0 spiro atoms. The summed E-state index contributed by atoms with van der Waals surface area (Å²) in [5.74, 6) is 0. The largest absolute Gasteiger partial charge is 0.0944 e. The van der Waals surface area contributed by atoms with Gasteiger partial charge >= 0.3 is 0 Å². The Morgan fingerprint density at radius 2 is 0.684 bits per heavy atom. The van der Waals surface area contributed by atoms with Gasteiger partial charge in [0.15, 0.2) is 0 Å². The van der Waals surface area contributed by atoms with Crippen LogP contribution in [0.25, 0.3) is 56.0 Å². The third kappa shape index (κ3) is 5.82. The third-order valence-corrected chi connectivity index (χ3v) is 9.22. The summed E-state index contributed by atoms with van der Waals surface area (Å²) in [7, 11) is -2.46. The molecule has 2 heteroatoms. The van der Waals surface area contributed by atoms with Crippen molar-refractivity contribution >= 4 is 49.8 Å². The molecule has 0 heterocycles. The molecule has 5 aromatic carbocycles. The lowest BCUT2D eigenvalue weighted by Gasteiger charge is -2.18. The van der Waals surface area contributed by atoms with Gasteiger partial charge in [-0.1, -0.05) is 160 Å². The van der Waals surface area contributed by atoms with E-state index in [2.05, 4.69) is 160 Å². The lowest BCUT2D eigenvalue weighted by Crippen LogP contribution is -2.15. The molecule has 0 atom stereocenters. The Bertz CT molecular complexity index is 1460. The Morgan fingerprint density at radius 3 is 0.947 bits per heavy atom. The van der Waals surface area contributed by atoms with E-state index < -0.39 is 16.1 Å². The minimum atomic E-state index is -1.23. The Morgan fingerprint density at radius 1 is 0.395 bits per heavy atom. The van der Waals surface area contributed by atoms with E-state index >= 15 is 0 Å². The molecular formula is C36H38Si2. The van der Waals surface area contributed by atoms with Crippen molar-refractivity contribution < 1.29 is 0 Å². The summed E-state index contributed by atoms with van der Waals surface area (Å²) in [5.41, 5.74) is 12.5. The average Bonchev–Trinajstić information content (AvgIpc) is 2.89. The molecule has 0 aliphatic rings. The highest BCUT2D eigenvalue weighted by Crippen LogP contribution is 2.43. The van der Waals surface area contributed by atoms with Crippen LogP contribution in [-0.4, -0.2) is 16.1 Å². The normalized spacial score (nSPS) is 12.8. The van der Waals surface area contributed by atoms with E-state index in [1.165, 1.54) is 54.9 Å². The maximum Gasteiger partial charge on any atom is 0.0687 e. The van der Waals surface area contributed by atoms with Crippen LogP contribution in [0.15, 0.2) is 108 Å². The Balaban J connectivity index is 1.67. The molecule has 0 saturated heterocycles. The predicted octanol–water partition coefficient (Wildman–Crippen LogP) is 11.1. The van der Waals surface area contributed by atoms with Gasteiger partial charge in [0, 0.05) is 0 Å². The van der Waals surface area contributed by atoms with E-state index in [4.69, 9.17) is 0 Å². The van der Waals surface area contributed by atoms with Crippen LogP contribution in [0.1, 0.15) is 11.1 Å². The number of rotatable bonds is 6. The summed E-state index contributed by atoms with van der Waals surface area (Å²) < 4.78 is 0. The van der Waals surface area contributed by atoms with Gasteiger partial charge in [-0.3, -0.25) is 0 Å². The highest BCUT2D eigenvalue weighted by atomic mass is 28.3. The second kappa shape index (κ2) is 10.4. The topological polar surface area (TPSA) is 0 Å². The first kappa shape index (κ1) is 26.2. The lowest BCUT2D eigenvalue weighted by molar-refractivity contribution is 1.62. The van der Waals surface area contributed by atoms with Gasteiger partial charge in [-0.25, -0.2) is 0 Å². The zero-order valence-corrected chi connectivity index (χ0v) is 25.5. The molecule has 0 radical (unpaired) electrons. The molecule has 0 bridgehead atoms. The predicted molar refractivity (Wildman–Crippen MR) is 177 cm³/mol. The average molecular weight is 527 g/mol. The van der Waals surface area contributed by atoms with Gasteiger partial charge in [0.25, 0.3) is 0 Å². The monoisotopic (exact) mass is 526 g/mol. The summed E-state index contributed by atoms with van der Waals surface area (Å²) in [6.45, 7) is 14.2. The van der Waals surface area contributed by atoms with Crippen molar-refractivity contribution in [1.82, 2.24) is 0 Å². The van der Waals surface area contributed by atoms with Gasteiger partial charge in [0.2, 0.25) is 0 Å². The van der Waals surface area contributed by atoms with Crippen molar-refractivity contribution in [1.29, 1.82) is 0 Å². The summed E-state index contributed by atoms with van der Waals surface area (Å²) in [5, 5.41) is 5.20. The van der Waals surface area contributed by atoms with Gasteiger partial charge in [0.05, 0.1) is 16.1 Å². The fraction of sp³-hybridized carbons (Fsp3) is 0.167. The molecule has 0 aromatic heterocycles. The number of hydrogen-bond acceptors (Lipinski definition) is 0. The van der Waals surface area contributed by atoms with E-state index in [1.807, 2.05) is 0 Å². The molecule has 38 heavy (non-hydrogen) atoms. The maximum atomic E-state index is 2.41. The molecule has 5 rings (SSSR count). The summed E-state index contributed by atoms with van der Waals surface area (Å²) in [6, 6.07) is 36.0. The zero-order chi connectivity index (χ0) is 26.9. The fourth-order valence-electron chi connectivity index (χ4n) is 4.96. The molecule has 0 N–H and O–H groups in total. The van der Waals surface area contributed by atoms with Crippen LogP contribution in [0.4, 0.5) is 0 Å². The quantitative estimate of drug-likeness (QED) is 0.152. The van der Waals surface area contributed by atoms with Gasteiger partial charge < -0.3 is 0 Å². The van der Waals surface area contributed by atoms with Gasteiger partial charge in [0.1, 0.15) is 0 Å². The first-order chi connectivity index (χ1) is 18.1. The van der Waals surface area contributed by atoms with E-state index in [9.17, 15) is 0 Å². The summed E-state index contributed by atoms with van der Waals surface area (Å²) in [4.78, 5) is 0. The zero-order valence-electron chi connectivity index (χ0n) is 23.5. The van der Waals surface area contributed by atoms with Crippen LogP contribution >= 0.6 is 0 Å². The van der Waals surface area contributed by atoms with Crippen LogP contribution in [0.3, 0.4) is 0 Å². The van der Waals surface area contributed by atoms with Crippen molar-refractivity contribution in [2.24, 2.45) is 0 Å². The Kier molecular flexibility index (Phi) is 7.13. The number of benzene rings is 5. The van der Waals surface area contributed by atoms with Crippen LogP contribution in [0, 0.1) is 0 Å². The van der Waals surface area contributed by atoms with Crippen LogP contribution < -0.4 is 0 Å². The molecule has 0 fully saturated rings. The first-order valence-corrected chi connectivity index (χ1v) is 20.8. The molecule has 0 unspecified atom stereocenters. The standard InChI is InChI=1S/C36H38Si2/c1-37(2,3)25-23-27-15-19-29(20-16-27)35-31-11-7-9-13-33(31)36(34-14-10-8-12-32(34)35)30-21-17-28(18-22-30)24-26-38(4,5)6/h7-26H,1-6H3/b25-23+,26-24+.